The zero-order chi connectivity index (χ0) is 15.7. The summed E-state index contributed by atoms with van der Waals surface area (Å²) in [7, 11) is 0. The van der Waals surface area contributed by atoms with Gasteiger partial charge in [0.25, 0.3) is 0 Å². The molecule has 4 N–H and O–H groups in total. The van der Waals surface area contributed by atoms with Gasteiger partial charge in [0.05, 0.1) is 5.60 Å². The molecule has 0 amide bonds. The van der Waals surface area contributed by atoms with Gasteiger partial charge in [-0.15, -0.1) is 0 Å². The van der Waals surface area contributed by atoms with Gasteiger partial charge in [-0.3, -0.25) is 0 Å². The molecule has 4 atom stereocenters. The molecular weight excluding hydrogens is 272 g/mol. The van der Waals surface area contributed by atoms with Gasteiger partial charge < -0.3 is 29.9 Å². The molecule has 8 nitrogen and oxygen atoms in total. The Labute approximate surface area is 114 Å². The minimum Gasteiger partial charge on any atom is -0.479 e. The molecule has 2 aliphatic heterocycles. The highest BCUT2D eigenvalue weighted by atomic mass is 16.7. The van der Waals surface area contributed by atoms with Crippen LogP contribution in [-0.4, -0.2) is 67.0 Å². The van der Waals surface area contributed by atoms with Crippen molar-refractivity contribution >= 4 is 11.9 Å². The monoisotopic (exact) mass is 290 g/mol. The Morgan fingerprint density at radius 2 is 1.35 bits per heavy atom. The van der Waals surface area contributed by atoms with Crippen LogP contribution < -0.4 is 0 Å². The summed E-state index contributed by atoms with van der Waals surface area (Å²) in [4.78, 5) is 22.5. The van der Waals surface area contributed by atoms with E-state index >= 15 is 0 Å². The Morgan fingerprint density at radius 1 is 0.950 bits per heavy atom. The van der Waals surface area contributed by atoms with E-state index in [1.165, 1.54) is 27.7 Å². The van der Waals surface area contributed by atoms with Crippen LogP contribution in [0.25, 0.3) is 0 Å². The number of hydrogen-bond acceptors (Lipinski definition) is 6. The molecule has 114 valence electrons. The summed E-state index contributed by atoms with van der Waals surface area (Å²) in [5.41, 5.74) is -6.02. The van der Waals surface area contributed by atoms with Crippen molar-refractivity contribution in [1.29, 1.82) is 0 Å². The number of epoxide rings is 2. The molecule has 0 aromatic rings. The Balaban J connectivity index is 2.49. The summed E-state index contributed by atoms with van der Waals surface area (Å²) in [6.45, 7) is 6.02. The van der Waals surface area contributed by atoms with Crippen LogP contribution in [0.4, 0.5) is 0 Å². The van der Waals surface area contributed by atoms with E-state index < -0.39 is 46.6 Å². The number of carboxylic acid groups (broad SMARTS) is 2. The third-order valence-corrected chi connectivity index (χ3v) is 4.28. The molecule has 0 aromatic carbocycles. The van der Waals surface area contributed by atoms with Gasteiger partial charge in [0, 0.05) is 0 Å². The highest BCUT2D eigenvalue weighted by Gasteiger charge is 2.93. The lowest BCUT2D eigenvalue weighted by Crippen LogP contribution is -2.60. The third kappa shape index (κ3) is 1.44. The highest BCUT2D eigenvalue weighted by Crippen LogP contribution is 2.69. The lowest BCUT2D eigenvalue weighted by atomic mass is 9.72. The summed E-state index contributed by atoms with van der Waals surface area (Å²) in [6.07, 6.45) is -4.11. The van der Waals surface area contributed by atoms with E-state index in [2.05, 4.69) is 0 Å². The molecule has 0 unspecified atom stereocenters. The minimum atomic E-state index is -2.17. The molecule has 20 heavy (non-hydrogen) atoms. The number of aliphatic hydroxyl groups excluding tert-OH is 2. The van der Waals surface area contributed by atoms with Gasteiger partial charge in [-0.05, 0) is 27.7 Å². The third-order valence-electron chi connectivity index (χ3n) is 4.28. The van der Waals surface area contributed by atoms with Crippen LogP contribution in [0.2, 0.25) is 0 Å². The Kier molecular flexibility index (Phi) is 2.81. The van der Waals surface area contributed by atoms with Crippen molar-refractivity contribution in [2.24, 2.45) is 0 Å². The molecule has 0 bridgehead atoms. The standard InChI is InChI=1S/C12H18O8/c1-9(2)11(19-9,6(14)5(13)7(15)16)12(8(17)18)10(3,4)20-12/h5-6,13-14H,1-4H3,(H,15,16)(H,17,18)/t5-,6+,11+,12+/m0/s1. The molecule has 2 saturated heterocycles. The maximum Gasteiger partial charge on any atom is 0.342 e. The van der Waals surface area contributed by atoms with Gasteiger partial charge >= 0.3 is 11.9 Å². The number of carbonyl (C=O) groups is 2. The molecule has 0 aliphatic carbocycles. The summed E-state index contributed by atoms with van der Waals surface area (Å²) < 4.78 is 10.6. The van der Waals surface area contributed by atoms with Crippen LogP contribution >= 0.6 is 0 Å². The predicted molar refractivity (Wildman–Crippen MR) is 63.1 cm³/mol. The Morgan fingerprint density at radius 3 is 1.55 bits per heavy atom. The number of rotatable bonds is 5. The SMILES string of the molecule is CC1(C)O[C@@]1(C(=O)O)[C@]1([C@H](O)[C@H](O)C(=O)O)OC1(C)C. The number of carboxylic acids is 2. The van der Waals surface area contributed by atoms with Crippen LogP contribution in [-0.2, 0) is 19.1 Å². The van der Waals surface area contributed by atoms with Crippen LogP contribution in [0.15, 0.2) is 0 Å². The maximum atomic E-state index is 11.6. The normalized spacial score (nSPS) is 39.7. The largest absolute Gasteiger partial charge is 0.479 e. The molecule has 8 heteroatoms. The van der Waals surface area contributed by atoms with Gasteiger partial charge in [0.1, 0.15) is 11.7 Å². The van der Waals surface area contributed by atoms with Crippen LogP contribution in [0, 0.1) is 0 Å². The van der Waals surface area contributed by atoms with E-state index in [9.17, 15) is 24.9 Å². The average Bonchev–Trinajstić information content (AvgIpc) is 3.08. The zero-order valence-electron chi connectivity index (χ0n) is 11.6. The van der Waals surface area contributed by atoms with Gasteiger partial charge in [-0.25, -0.2) is 9.59 Å². The first kappa shape index (κ1) is 15.2. The fraction of sp³-hybridized carbons (Fsp3) is 0.833. The highest BCUT2D eigenvalue weighted by molar-refractivity contribution is 5.87. The van der Waals surface area contributed by atoms with Crippen molar-refractivity contribution in [1.82, 2.24) is 0 Å². The van der Waals surface area contributed by atoms with Gasteiger partial charge in [0.15, 0.2) is 11.7 Å². The fourth-order valence-electron chi connectivity index (χ4n) is 3.20. The maximum absolute atomic E-state index is 11.6. The Hall–Kier alpha value is -1.22. The molecule has 0 saturated carbocycles. The predicted octanol–water partition coefficient (Wildman–Crippen LogP) is -1.03. The smallest absolute Gasteiger partial charge is 0.342 e. The first-order chi connectivity index (χ1) is 8.87. The van der Waals surface area contributed by atoms with Crippen molar-refractivity contribution in [3.8, 4) is 0 Å². The summed E-state index contributed by atoms with van der Waals surface area (Å²) in [5, 5.41) is 38.0. The van der Waals surface area contributed by atoms with E-state index in [-0.39, 0.29) is 0 Å². The van der Waals surface area contributed by atoms with Gasteiger partial charge in [-0.1, -0.05) is 0 Å². The van der Waals surface area contributed by atoms with E-state index in [1.54, 1.807) is 0 Å². The van der Waals surface area contributed by atoms with Crippen molar-refractivity contribution in [2.75, 3.05) is 0 Å². The lowest BCUT2D eigenvalue weighted by molar-refractivity contribution is -0.163. The molecule has 0 radical (unpaired) electrons. The van der Waals surface area contributed by atoms with Crippen molar-refractivity contribution < 1.29 is 39.5 Å². The van der Waals surface area contributed by atoms with E-state index in [0.29, 0.717) is 0 Å². The molecule has 2 rings (SSSR count). The van der Waals surface area contributed by atoms with Gasteiger partial charge in [0.2, 0.25) is 5.60 Å². The second kappa shape index (κ2) is 3.70. The molecule has 2 fully saturated rings. The van der Waals surface area contributed by atoms with Crippen LogP contribution in [0.1, 0.15) is 27.7 Å². The number of ether oxygens (including phenoxy) is 2. The molecular formula is C12H18O8. The number of aliphatic hydroxyl groups is 2. The second-order valence-corrected chi connectivity index (χ2v) is 6.17. The zero-order valence-corrected chi connectivity index (χ0v) is 11.6. The molecule has 0 spiro atoms. The average molecular weight is 290 g/mol. The quantitative estimate of drug-likeness (QED) is 0.471. The van der Waals surface area contributed by atoms with Crippen LogP contribution in [0.3, 0.4) is 0 Å². The first-order valence-corrected chi connectivity index (χ1v) is 6.10. The Bertz CT molecular complexity index is 484. The van der Waals surface area contributed by atoms with E-state index in [1.807, 2.05) is 0 Å². The van der Waals surface area contributed by atoms with Crippen LogP contribution in [0.5, 0.6) is 0 Å². The number of aliphatic carboxylic acids is 2. The summed E-state index contributed by atoms with van der Waals surface area (Å²) in [5.74, 6) is -3.04. The summed E-state index contributed by atoms with van der Waals surface area (Å²) in [6, 6.07) is 0. The van der Waals surface area contributed by atoms with Crippen molar-refractivity contribution in [2.45, 2.75) is 62.3 Å². The van der Waals surface area contributed by atoms with Crippen molar-refractivity contribution in [3.63, 3.8) is 0 Å². The lowest BCUT2D eigenvalue weighted by Gasteiger charge is -2.28. The molecule has 2 aliphatic rings. The molecule has 0 aromatic heterocycles. The fourth-order valence-corrected chi connectivity index (χ4v) is 3.20. The molecule has 2 heterocycles. The van der Waals surface area contributed by atoms with Gasteiger partial charge in [-0.2, -0.15) is 0 Å². The van der Waals surface area contributed by atoms with Crippen molar-refractivity contribution in [3.05, 3.63) is 0 Å². The van der Waals surface area contributed by atoms with E-state index in [4.69, 9.17) is 14.6 Å². The first-order valence-electron chi connectivity index (χ1n) is 6.10. The topological polar surface area (TPSA) is 140 Å². The second-order valence-electron chi connectivity index (χ2n) is 6.17. The van der Waals surface area contributed by atoms with E-state index in [0.717, 1.165) is 0 Å². The number of hydrogen-bond donors (Lipinski definition) is 4. The minimum absolute atomic E-state index is 1.14. The summed E-state index contributed by atoms with van der Waals surface area (Å²) >= 11 is 0.